The van der Waals surface area contributed by atoms with Crippen LogP contribution in [0.25, 0.3) is 0 Å². The second-order valence-electron chi connectivity index (χ2n) is 6.35. The monoisotopic (exact) mass is 354 g/mol. The van der Waals surface area contributed by atoms with Crippen LogP contribution in [0.1, 0.15) is 10.4 Å². The first-order valence-electron chi connectivity index (χ1n) is 8.89. The Hall–Kier alpha value is -2.73. The SMILES string of the molecule is O=C(NCC1COc2ccccc2O1)c1ccc(N2CCOCC2)cc1. The zero-order valence-electron chi connectivity index (χ0n) is 14.5. The third-order valence-corrected chi connectivity index (χ3v) is 4.56. The fraction of sp³-hybridized carbons (Fsp3) is 0.350. The third kappa shape index (κ3) is 3.75. The van der Waals surface area contributed by atoms with Crippen LogP contribution in [0.4, 0.5) is 5.69 Å². The summed E-state index contributed by atoms with van der Waals surface area (Å²) in [6, 6.07) is 15.2. The molecule has 0 aromatic heterocycles. The Bertz CT molecular complexity index is 757. The van der Waals surface area contributed by atoms with E-state index in [1.54, 1.807) is 0 Å². The van der Waals surface area contributed by atoms with Crippen molar-refractivity contribution in [1.29, 1.82) is 0 Å². The number of morpholine rings is 1. The van der Waals surface area contributed by atoms with Crippen molar-refractivity contribution in [2.75, 3.05) is 44.4 Å². The van der Waals surface area contributed by atoms with Crippen molar-refractivity contribution in [2.45, 2.75) is 6.10 Å². The molecular weight excluding hydrogens is 332 g/mol. The van der Waals surface area contributed by atoms with Crippen LogP contribution < -0.4 is 19.7 Å². The molecule has 2 aromatic rings. The van der Waals surface area contributed by atoms with Crippen molar-refractivity contribution < 1.29 is 19.0 Å². The quantitative estimate of drug-likeness (QED) is 0.911. The first-order chi connectivity index (χ1) is 12.8. The number of hydrogen-bond acceptors (Lipinski definition) is 5. The number of nitrogens with one attached hydrogen (secondary N) is 1. The summed E-state index contributed by atoms with van der Waals surface area (Å²) in [4.78, 5) is 14.6. The van der Waals surface area contributed by atoms with Gasteiger partial charge in [-0.25, -0.2) is 0 Å². The lowest BCUT2D eigenvalue weighted by molar-refractivity contribution is 0.0789. The largest absolute Gasteiger partial charge is 0.486 e. The van der Waals surface area contributed by atoms with Gasteiger partial charge in [-0.05, 0) is 36.4 Å². The third-order valence-electron chi connectivity index (χ3n) is 4.56. The highest BCUT2D eigenvalue weighted by molar-refractivity contribution is 5.94. The van der Waals surface area contributed by atoms with E-state index in [9.17, 15) is 4.79 Å². The summed E-state index contributed by atoms with van der Waals surface area (Å²) in [5, 5.41) is 2.92. The van der Waals surface area contributed by atoms with E-state index in [0.29, 0.717) is 24.5 Å². The molecule has 1 N–H and O–H groups in total. The Labute approximate surface area is 152 Å². The second kappa shape index (κ2) is 7.66. The number of rotatable bonds is 4. The smallest absolute Gasteiger partial charge is 0.251 e. The summed E-state index contributed by atoms with van der Waals surface area (Å²) in [6.07, 6.45) is -0.193. The Morgan fingerprint density at radius 3 is 2.54 bits per heavy atom. The number of carbonyl (C=O) groups excluding carboxylic acids is 1. The van der Waals surface area contributed by atoms with Crippen LogP contribution in [0.5, 0.6) is 11.5 Å². The zero-order chi connectivity index (χ0) is 17.8. The molecule has 6 heteroatoms. The minimum Gasteiger partial charge on any atom is -0.486 e. The summed E-state index contributed by atoms with van der Waals surface area (Å²) in [7, 11) is 0. The minimum absolute atomic E-state index is 0.110. The number of fused-ring (bicyclic) bond motifs is 1. The Kier molecular flexibility index (Phi) is 4.93. The summed E-state index contributed by atoms with van der Waals surface area (Å²) < 4.78 is 16.9. The summed E-state index contributed by atoms with van der Waals surface area (Å²) >= 11 is 0. The molecule has 0 saturated carbocycles. The highest BCUT2D eigenvalue weighted by Crippen LogP contribution is 2.30. The maximum Gasteiger partial charge on any atom is 0.251 e. The zero-order valence-corrected chi connectivity index (χ0v) is 14.5. The molecule has 0 aliphatic carbocycles. The predicted octanol–water partition coefficient (Wildman–Crippen LogP) is 2.09. The molecule has 0 spiro atoms. The molecule has 2 aromatic carbocycles. The first-order valence-corrected chi connectivity index (χ1v) is 8.89. The van der Waals surface area contributed by atoms with Crippen LogP contribution in [0.3, 0.4) is 0 Å². The van der Waals surface area contributed by atoms with E-state index in [1.165, 1.54) is 0 Å². The highest BCUT2D eigenvalue weighted by Gasteiger charge is 2.21. The van der Waals surface area contributed by atoms with Crippen molar-refractivity contribution in [1.82, 2.24) is 5.32 Å². The number of para-hydroxylation sites is 2. The number of anilines is 1. The number of benzene rings is 2. The number of hydrogen-bond donors (Lipinski definition) is 1. The van der Waals surface area contributed by atoms with Crippen molar-refractivity contribution in [3.05, 3.63) is 54.1 Å². The lowest BCUT2D eigenvalue weighted by Crippen LogP contribution is -2.40. The van der Waals surface area contributed by atoms with Gasteiger partial charge in [0.2, 0.25) is 0 Å². The van der Waals surface area contributed by atoms with Gasteiger partial charge in [-0.1, -0.05) is 12.1 Å². The Balaban J connectivity index is 1.31. The maximum atomic E-state index is 12.4. The van der Waals surface area contributed by atoms with Crippen molar-refractivity contribution >= 4 is 11.6 Å². The van der Waals surface area contributed by atoms with Gasteiger partial charge in [-0.2, -0.15) is 0 Å². The van der Waals surface area contributed by atoms with Gasteiger partial charge in [0.1, 0.15) is 12.7 Å². The Morgan fingerprint density at radius 1 is 1.04 bits per heavy atom. The fourth-order valence-corrected chi connectivity index (χ4v) is 3.12. The molecule has 2 aliphatic rings. The topological polar surface area (TPSA) is 60.0 Å². The molecule has 26 heavy (non-hydrogen) atoms. The summed E-state index contributed by atoms with van der Waals surface area (Å²) in [5.74, 6) is 1.35. The van der Waals surface area contributed by atoms with Gasteiger partial charge in [0.05, 0.1) is 19.8 Å². The molecule has 4 rings (SSSR count). The molecule has 6 nitrogen and oxygen atoms in total. The van der Waals surface area contributed by atoms with Gasteiger partial charge < -0.3 is 24.4 Å². The molecule has 1 atom stereocenters. The van der Waals surface area contributed by atoms with Crippen LogP contribution in [0.15, 0.2) is 48.5 Å². The first kappa shape index (κ1) is 16.7. The van der Waals surface area contributed by atoms with Crippen LogP contribution in [0, 0.1) is 0 Å². The minimum atomic E-state index is -0.193. The van der Waals surface area contributed by atoms with Crippen LogP contribution in [-0.4, -0.2) is 51.5 Å². The van der Waals surface area contributed by atoms with Gasteiger partial charge >= 0.3 is 0 Å². The fourth-order valence-electron chi connectivity index (χ4n) is 3.12. The van der Waals surface area contributed by atoms with E-state index in [0.717, 1.165) is 37.7 Å². The second-order valence-corrected chi connectivity index (χ2v) is 6.35. The molecule has 0 radical (unpaired) electrons. The molecule has 1 saturated heterocycles. The number of ether oxygens (including phenoxy) is 3. The molecule has 136 valence electrons. The summed E-state index contributed by atoms with van der Waals surface area (Å²) in [6.45, 7) is 4.08. The molecular formula is C20H22N2O4. The lowest BCUT2D eigenvalue weighted by Gasteiger charge is -2.29. The Morgan fingerprint density at radius 2 is 1.77 bits per heavy atom. The van der Waals surface area contributed by atoms with Crippen molar-refractivity contribution in [3.63, 3.8) is 0 Å². The lowest BCUT2D eigenvalue weighted by atomic mass is 10.1. The van der Waals surface area contributed by atoms with E-state index >= 15 is 0 Å². The van der Waals surface area contributed by atoms with Gasteiger partial charge in [-0.15, -0.1) is 0 Å². The van der Waals surface area contributed by atoms with Crippen molar-refractivity contribution in [3.8, 4) is 11.5 Å². The number of carbonyl (C=O) groups is 1. The van der Waals surface area contributed by atoms with Crippen LogP contribution in [-0.2, 0) is 4.74 Å². The average molecular weight is 354 g/mol. The summed E-state index contributed by atoms with van der Waals surface area (Å²) in [5.41, 5.74) is 1.75. The number of nitrogens with zero attached hydrogens (tertiary/aromatic N) is 1. The van der Waals surface area contributed by atoms with Gasteiger partial charge in [0, 0.05) is 24.3 Å². The molecule has 1 fully saturated rings. The van der Waals surface area contributed by atoms with Crippen LogP contribution in [0.2, 0.25) is 0 Å². The van der Waals surface area contributed by atoms with Gasteiger partial charge in [-0.3, -0.25) is 4.79 Å². The maximum absolute atomic E-state index is 12.4. The van der Waals surface area contributed by atoms with Crippen molar-refractivity contribution in [2.24, 2.45) is 0 Å². The van der Waals surface area contributed by atoms with E-state index in [2.05, 4.69) is 10.2 Å². The predicted molar refractivity (Wildman–Crippen MR) is 98.2 cm³/mol. The highest BCUT2D eigenvalue weighted by atomic mass is 16.6. The molecule has 1 unspecified atom stereocenters. The molecule has 0 bridgehead atoms. The standard InChI is InChI=1S/C20H22N2O4/c23-20(15-5-7-16(8-6-15)22-9-11-24-12-10-22)21-13-17-14-25-18-3-1-2-4-19(18)26-17/h1-8,17H,9-14H2,(H,21,23). The van der Waals surface area contributed by atoms with E-state index in [-0.39, 0.29) is 12.0 Å². The van der Waals surface area contributed by atoms with E-state index in [1.807, 2.05) is 48.5 Å². The molecule has 1 amide bonds. The van der Waals surface area contributed by atoms with Gasteiger partial charge in [0.15, 0.2) is 11.5 Å². The van der Waals surface area contributed by atoms with E-state index < -0.39 is 0 Å². The molecule has 2 aliphatic heterocycles. The normalized spacial score (nSPS) is 19.1. The van der Waals surface area contributed by atoms with Gasteiger partial charge in [0.25, 0.3) is 5.91 Å². The number of amides is 1. The molecule has 2 heterocycles. The van der Waals surface area contributed by atoms with E-state index in [4.69, 9.17) is 14.2 Å². The van der Waals surface area contributed by atoms with Crippen LogP contribution >= 0.6 is 0 Å². The average Bonchev–Trinajstić information content (AvgIpc) is 2.72.